The van der Waals surface area contributed by atoms with E-state index in [1.165, 1.54) is 31.2 Å². The van der Waals surface area contributed by atoms with Crippen LogP contribution >= 0.6 is 11.6 Å². The van der Waals surface area contributed by atoms with Gasteiger partial charge in [-0.05, 0) is 67.9 Å². The quantitative estimate of drug-likeness (QED) is 0.460. The van der Waals surface area contributed by atoms with Gasteiger partial charge in [-0.2, -0.15) is 0 Å². The second-order valence-corrected chi connectivity index (χ2v) is 11.6. The van der Waals surface area contributed by atoms with E-state index in [9.17, 15) is 21.6 Å². The third kappa shape index (κ3) is 5.88. The molecule has 0 aliphatic heterocycles. The number of halogens is 1. The van der Waals surface area contributed by atoms with Crippen LogP contribution in [0.4, 0.5) is 17.1 Å². The van der Waals surface area contributed by atoms with Crippen LogP contribution in [0.1, 0.15) is 12.5 Å². The summed E-state index contributed by atoms with van der Waals surface area (Å²) in [6, 6.07) is 17.7. The van der Waals surface area contributed by atoms with Crippen LogP contribution in [0.25, 0.3) is 0 Å². The number of hydrogen-bond donors (Lipinski definition) is 2. The van der Waals surface area contributed by atoms with Crippen LogP contribution in [0.2, 0.25) is 5.02 Å². The molecular formula is C23H24ClN3O5S2. The summed E-state index contributed by atoms with van der Waals surface area (Å²) in [5.41, 5.74) is 1.63. The van der Waals surface area contributed by atoms with Gasteiger partial charge >= 0.3 is 0 Å². The molecule has 34 heavy (non-hydrogen) atoms. The lowest BCUT2D eigenvalue weighted by Crippen LogP contribution is -2.45. The third-order valence-electron chi connectivity index (χ3n) is 5.04. The monoisotopic (exact) mass is 521 g/mol. The van der Waals surface area contributed by atoms with Gasteiger partial charge in [0.25, 0.3) is 10.0 Å². The van der Waals surface area contributed by atoms with Crippen molar-refractivity contribution in [1.82, 2.24) is 0 Å². The molecule has 0 saturated carbocycles. The molecule has 1 amide bonds. The van der Waals surface area contributed by atoms with Gasteiger partial charge in [0.2, 0.25) is 15.9 Å². The Morgan fingerprint density at radius 2 is 1.53 bits per heavy atom. The number of rotatable bonds is 8. The van der Waals surface area contributed by atoms with Crippen molar-refractivity contribution in [3.05, 3.63) is 83.4 Å². The highest BCUT2D eigenvalue weighted by molar-refractivity contribution is 7.92. The predicted molar refractivity (Wildman–Crippen MR) is 135 cm³/mol. The Hall–Kier alpha value is -3.08. The molecule has 2 N–H and O–H groups in total. The van der Waals surface area contributed by atoms with Crippen molar-refractivity contribution in [3.63, 3.8) is 0 Å². The van der Waals surface area contributed by atoms with Gasteiger partial charge in [-0.3, -0.25) is 13.8 Å². The largest absolute Gasteiger partial charge is 0.324 e. The van der Waals surface area contributed by atoms with E-state index in [-0.39, 0.29) is 4.90 Å². The highest BCUT2D eigenvalue weighted by atomic mass is 35.5. The van der Waals surface area contributed by atoms with Gasteiger partial charge in [0.1, 0.15) is 6.04 Å². The molecule has 0 spiro atoms. The van der Waals surface area contributed by atoms with E-state index in [4.69, 9.17) is 11.6 Å². The Labute approximate surface area is 204 Å². The number of nitrogens with one attached hydrogen (secondary N) is 2. The minimum Gasteiger partial charge on any atom is -0.324 e. The zero-order chi connectivity index (χ0) is 25.1. The fraction of sp³-hybridized carbons (Fsp3) is 0.174. The van der Waals surface area contributed by atoms with Crippen LogP contribution in [0.5, 0.6) is 0 Å². The summed E-state index contributed by atoms with van der Waals surface area (Å²) in [6.07, 6.45) is 1.03. The minimum atomic E-state index is -3.89. The van der Waals surface area contributed by atoms with Gasteiger partial charge < -0.3 is 5.32 Å². The fourth-order valence-electron chi connectivity index (χ4n) is 3.27. The van der Waals surface area contributed by atoms with Crippen molar-refractivity contribution >= 4 is 54.6 Å². The molecule has 0 aromatic heterocycles. The van der Waals surface area contributed by atoms with E-state index < -0.39 is 32.0 Å². The molecule has 11 heteroatoms. The van der Waals surface area contributed by atoms with Gasteiger partial charge in [0, 0.05) is 10.7 Å². The SMILES string of the molecule is Cc1c(Cl)cccc1NS(=O)(=O)c1ccc(NC(=O)[C@@H](C)N(c2ccccc2)S(C)(=O)=O)cc1. The highest BCUT2D eigenvalue weighted by Crippen LogP contribution is 2.26. The molecule has 0 aliphatic rings. The van der Waals surface area contributed by atoms with Crippen LogP contribution in [0, 0.1) is 6.92 Å². The van der Waals surface area contributed by atoms with Gasteiger partial charge in [-0.15, -0.1) is 0 Å². The Morgan fingerprint density at radius 3 is 2.12 bits per heavy atom. The van der Waals surface area contributed by atoms with Crippen LogP contribution in [0.3, 0.4) is 0 Å². The van der Waals surface area contributed by atoms with E-state index in [1.807, 2.05) is 0 Å². The van der Waals surface area contributed by atoms with Gasteiger partial charge in [0.05, 0.1) is 22.5 Å². The molecule has 0 fully saturated rings. The molecule has 3 rings (SSSR count). The van der Waals surface area contributed by atoms with Crippen LogP contribution in [0.15, 0.2) is 77.7 Å². The number of hydrogen-bond acceptors (Lipinski definition) is 5. The second kappa shape index (κ2) is 10.0. The lowest BCUT2D eigenvalue weighted by molar-refractivity contribution is -0.116. The molecule has 0 aliphatic carbocycles. The summed E-state index contributed by atoms with van der Waals surface area (Å²) in [6.45, 7) is 3.18. The van der Waals surface area contributed by atoms with E-state index >= 15 is 0 Å². The van der Waals surface area contributed by atoms with Crippen LogP contribution < -0.4 is 14.3 Å². The summed E-state index contributed by atoms with van der Waals surface area (Å²) in [5.74, 6) is -0.572. The maximum Gasteiger partial charge on any atom is 0.261 e. The normalized spacial score (nSPS) is 12.6. The molecule has 0 bridgehead atoms. The smallest absolute Gasteiger partial charge is 0.261 e. The molecule has 180 valence electrons. The van der Waals surface area contributed by atoms with Crippen molar-refractivity contribution in [2.45, 2.75) is 24.8 Å². The van der Waals surface area contributed by atoms with Gasteiger partial charge in [0.15, 0.2) is 0 Å². The summed E-state index contributed by atoms with van der Waals surface area (Å²) in [7, 11) is -7.63. The van der Waals surface area contributed by atoms with Crippen LogP contribution in [-0.2, 0) is 24.8 Å². The average molecular weight is 522 g/mol. The topological polar surface area (TPSA) is 113 Å². The lowest BCUT2D eigenvalue weighted by atomic mass is 10.2. The number of nitrogens with zero attached hydrogens (tertiary/aromatic N) is 1. The maximum atomic E-state index is 12.8. The predicted octanol–water partition coefficient (Wildman–Crippen LogP) is 4.24. The number of benzene rings is 3. The fourth-order valence-corrected chi connectivity index (χ4v) is 5.74. The molecule has 0 unspecified atom stereocenters. The van der Waals surface area contributed by atoms with Crippen molar-refractivity contribution in [1.29, 1.82) is 0 Å². The van der Waals surface area contributed by atoms with E-state index in [0.717, 1.165) is 10.6 Å². The minimum absolute atomic E-state index is 0.0139. The van der Waals surface area contributed by atoms with Gasteiger partial charge in [-0.1, -0.05) is 35.9 Å². The first kappa shape index (κ1) is 25.5. The molecule has 0 heterocycles. The Balaban J connectivity index is 1.77. The van der Waals surface area contributed by atoms with Crippen molar-refractivity contribution in [2.24, 2.45) is 0 Å². The second-order valence-electron chi connectivity index (χ2n) is 7.60. The van der Waals surface area contributed by atoms with Gasteiger partial charge in [-0.25, -0.2) is 16.8 Å². The molecule has 8 nitrogen and oxygen atoms in total. The van der Waals surface area contributed by atoms with E-state index in [0.29, 0.717) is 27.6 Å². The summed E-state index contributed by atoms with van der Waals surface area (Å²) in [4.78, 5) is 12.8. The summed E-state index contributed by atoms with van der Waals surface area (Å²) < 4.78 is 53.7. The zero-order valence-corrected chi connectivity index (χ0v) is 21.1. The number of para-hydroxylation sites is 1. The number of carbonyl (C=O) groups excluding carboxylic acids is 1. The Bertz CT molecular complexity index is 1390. The van der Waals surface area contributed by atoms with Crippen molar-refractivity contribution in [3.8, 4) is 0 Å². The molecule has 0 radical (unpaired) electrons. The molecular weight excluding hydrogens is 498 g/mol. The molecule has 3 aromatic rings. The van der Waals surface area contributed by atoms with Crippen molar-refractivity contribution < 1.29 is 21.6 Å². The third-order valence-corrected chi connectivity index (χ3v) is 8.08. The summed E-state index contributed by atoms with van der Waals surface area (Å²) >= 11 is 6.06. The molecule has 1 atom stereocenters. The maximum absolute atomic E-state index is 12.8. The molecule has 0 saturated heterocycles. The number of carbonyl (C=O) groups is 1. The number of sulfonamides is 2. The number of amides is 1. The summed E-state index contributed by atoms with van der Waals surface area (Å²) in [5, 5.41) is 3.07. The lowest BCUT2D eigenvalue weighted by Gasteiger charge is -2.28. The Kier molecular flexibility index (Phi) is 7.54. The first-order valence-electron chi connectivity index (χ1n) is 10.1. The first-order chi connectivity index (χ1) is 15.9. The van der Waals surface area contributed by atoms with Crippen molar-refractivity contribution in [2.75, 3.05) is 20.6 Å². The number of anilines is 3. The Morgan fingerprint density at radius 1 is 0.912 bits per heavy atom. The first-order valence-corrected chi connectivity index (χ1v) is 13.8. The average Bonchev–Trinajstić information content (AvgIpc) is 2.77. The van der Waals surface area contributed by atoms with Crippen LogP contribution in [-0.4, -0.2) is 35.0 Å². The van der Waals surface area contributed by atoms with E-state index in [1.54, 1.807) is 55.5 Å². The zero-order valence-electron chi connectivity index (χ0n) is 18.7. The highest BCUT2D eigenvalue weighted by Gasteiger charge is 2.29. The van der Waals surface area contributed by atoms with E-state index in [2.05, 4.69) is 10.0 Å². The standard InChI is InChI=1S/C23H24ClN3O5S2/c1-16-21(24)10-7-11-22(16)26-34(31,32)20-14-12-18(13-15-20)25-23(28)17(2)27(33(3,29)30)19-8-5-4-6-9-19/h4-15,17,26H,1-3H3,(H,25,28)/t17-/m1/s1. The molecule has 3 aromatic carbocycles.